The van der Waals surface area contributed by atoms with Crippen molar-refractivity contribution in [2.24, 2.45) is 0 Å². The minimum atomic E-state index is -0.145. The van der Waals surface area contributed by atoms with Gasteiger partial charge in [0.25, 0.3) is 0 Å². The van der Waals surface area contributed by atoms with Crippen molar-refractivity contribution < 1.29 is 9.59 Å². The number of hydrogen-bond donors (Lipinski definition) is 1. The van der Waals surface area contributed by atoms with Gasteiger partial charge in [0.1, 0.15) is 0 Å². The fourth-order valence-corrected chi connectivity index (χ4v) is 3.88. The second-order valence-corrected chi connectivity index (χ2v) is 7.73. The summed E-state index contributed by atoms with van der Waals surface area (Å²) < 4.78 is 1.70. The average molecular weight is 459 g/mol. The summed E-state index contributed by atoms with van der Waals surface area (Å²) in [4.78, 5) is 30.0. The smallest absolute Gasteiger partial charge is 0.230 e. The van der Waals surface area contributed by atoms with E-state index in [1.165, 1.54) is 11.3 Å². The van der Waals surface area contributed by atoms with Crippen molar-refractivity contribution in [1.82, 2.24) is 4.98 Å². The molecule has 0 bridgehead atoms. The topological polar surface area (TPSA) is 62.3 Å². The van der Waals surface area contributed by atoms with E-state index in [0.717, 1.165) is 15.4 Å². The number of halogens is 2. The van der Waals surface area contributed by atoms with Crippen LogP contribution in [-0.2, 0) is 16.0 Å². The van der Waals surface area contributed by atoms with E-state index >= 15 is 0 Å². The van der Waals surface area contributed by atoms with E-state index in [1.54, 1.807) is 4.90 Å². The highest BCUT2D eigenvalue weighted by atomic mass is 79.9. The molecular formula is C15H13Br2N3O2S. The Hall–Kier alpha value is -1.25. The van der Waals surface area contributed by atoms with E-state index in [2.05, 4.69) is 42.2 Å². The fourth-order valence-electron chi connectivity index (χ4n) is 2.30. The molecule has 120 valence electrons. The number of benzene rings is 1. The van der Waals surface area contributed by atoms with Gasteiger partial charge >= 0.3 is 0 Å². The monoisotopic (exact) mass is 457 g/mol. The number of carbonyl (C=O) groups is 2. The maximum Gasteiger partial charge on any atom is 0.230 e. The molecule has 1 aromatic carbocycles. The summed E-state index contributed by atoms with van der Waals surface area (Å²) in [6.45, 7) is 0.711. The number of rotatable bonds is 4. The summed E-state index contributed by atoms with van der Waals surface area (Å²) in [5.74, 6) is -0.0400. The molecule has 3 rings (SSSR count). The molecule has 1 saturated heterocycles. The standard InChI is InChI=1S/C15H13Br2N3O2S/c16-9-3-4-11(17)12(6-9)19-13(21)7-10-8-23-15(18-10)20-5-1-2-14(20)22/h3-4,6,8H,1-2,5,7H2,(H,19,21). The first kappa shape index (κ1) is 16.6. The SMILES string of the molecule is O=C(Cc1csc(N2CCCC2=O)n1)Nc1cc(Br)ccc1Br. The van der Waals surface area contributed by atoms with Gasteiger partial charge in [-0.05, 0) is 40.5 Å². The number of amides is 2. The summed E-state index contributed by atoms with van der Waals surface area (Å²) in [7, 11) is 0. The predicted octanol–water partition coefficient (Wildman–Crippen LogP) is 3.98. The predicted molar refractivity (Wildman–Crippen MR) is 97.9 cm³/mol. The van der Waals surface area contributed by atoms with Crippen molar-refractivity contribution in [1.29, 1.82) is 0 Å². The van der Waals surface area contributed by atoms with Crippen LogP contribution in [0.1, 0.15) is 18.5 Å². The molecular weight excluding hydrogens is 446 g/mol. The number of nitrogens with zero attached hydrogens (tertiary/aromatic N) is 2. The molecule has 0 saturated carbocycles. The third kappa shape index (κ3) is 3.99. The number of nitrogens with one attached hydrogen (secondary N) is 1. The molecule has 23 heavy (non-hydrogen) atoms. The van der Waals surface area contributed by atoms with Crippen LogP contribution in [-0.4, -0.2) is 23.3 Å². The number of thiazole rings is 1. The van der Waals surface area contributed by atoms with E-state index in [-0.39, 0.29) is 18.2 Å². The van der Waals surface area contributed by atoms with Gasteiger partial charge in [-0.1, -0.05) is 15.9 Å². The highest BCUT2D eigenvalue weighted by Gasteiger charge is 2.24. The summed E-state index contributed by atoms with van der Waals surface area (Å²) in [6.07, 6.45) is 1.62. The number of carbonyl (C=O) groups excluding carboxylic acids is 2. The molecule has 2 aromatic rings. The van der Waals surface area contributed by atoms with E-state index in [0.29, 0.717) is 29.5 Å². The Bertz CT molecular complexity index is 763. The molecule has 1 N–H and O–H groups in total. The van der Waals surface area contributed by atoms with Crippen LogP contribution in [0.25, 0.3) is 0 Å². The van der Waals surface area contributed by atoms with Gasteiger partial charge in [0.05, 0.1) is 17.8 Å². The summed E-state index contributed by atoms with van der Waals surface area (Å²) >= 11 is 8.19. The maximum atomic E-state index is 12.2. The first-order valence-corrected chi connectivity index (χ1v) is 9.49. The molecule has 0 atom stereocenters. The van der Waals surface area contributed by atoms with Gasteiger partial charge in [0.15, 0.2) is 5.13 Å². The number of hydrogen-bond acceptors (Lipinski definition) is 4. The molecule has 2 amide bonds. The third-order valence-corrected chi connectivity index (χ3v) is 5.49. The normalized spacial score (nSPS) is 14.3. The molecule has 2 heterocycles. The lowest BCUT2D eigenvalue weighted by Gasteiger charge is -2.10. The molecule has 1 fully saturated rings. The fraction of sp³-hybridized carbons (Fsp3) is 0.267. The molecule has 0 unspecified atom stereocenters. The van der Waals surface area contributed by atoms with Gasteiger partial charge in [0, 0.05) is 27.3 Å². The van der Waals surface area contributed by atoms with E-state index in [9.17, 15) is 9.59 Å². The van der Waals surface area contributed by atoms with Gasteiger partial charge in [-0.3, -0.25) is 14.5 Å². The van der Waals surface area contributed by atoms with Crippen LogP contribution in [0, 0.1) is 0 Å². The van der Waals surface area contributed by atoms with Crippen LogP contribution in [0.15, 0.2) is 32.5 Å². The molecule has 5 nitrogen and oxygen atoms in total. The zero-order valence-electron chi connectivity index (χ0n) is 12.0. The van der Waals surface area contributed by atoms with E-state index < -0.39 is 0 Å². The minimum absolute atomic E-state index is 0.105. The number of anilines is 2. The van der Waals surface area contributed by atoms with Gasteiger partial charge in [0.2, 0.25) is 11.8 Å². The van der Waals surface area contributed by atoms with Crippen molar-refractivity contribution in [3.63, 3.8) is 0 Å². The third-order valence-electron chi connectivity index (χ3n) is 3.39. The second kappa shape index (κ2) is 7.11. The van der Waals surface area contributed by atoms with Crippen molar-refractivity contribution in [3.8, 4) is 0 Å². The molecule has 0 aliphatic carbocycles. The van der Waals surface area contributed by atoms with Gasteiger partial charge in [-0.15, -0.1) is 11.3 Å². The van der Waals surface area contributed by atoms with Crippen LogP contribution in [0.3, 0.4) is 0 Å². The van der Waals surface area contributed by atoms with E-state index in [4.69, 9.17) is 0 Å². The first-order chi connectivity index (χ1) is 11.0. The Morgan fingerprint density at radius 3 is 2.96 bits per heavy atom. The van der Waals surface area contributed by atoms with Crippen LogP contribution in [0.5, 0.6) is 0 Å². The lowest BCUT2D eigenvalue weighted by Crippen LogP contribution is -2.23. The summed E-state index contributed by atoms with van der Waals surface area (Å²) in [6, 6.07) is 5.58. The largest absolute Gasteiger partial charge is 0.325 e. The molecule has 1 aromatic heterocycles. The van der Waals surface area contributed by atoms with Gasteiger partial charge in [-0.2, -0.15) is 0 Å². The molecule has 0 radical (unpaired) electrons. The quantitative estimate of drug-likeness (QED) is 0.753. The summed E-state index contributed by atoms with van der Waals surface area (Å²) in [5.41, 5.74) is 1.38. The Labute approximate surface area is 154 Å². The molecule has 8 heteroatoms. The highest BCUT2D eigenvalue weighted by molar-refractivity contribution is 9.11. The molecule has 0 spiro atoms. The van der Waals surface area contributed by atoms with Crippen LogP contribution >= 0.6 is 43.2 Å². The Morgan fingerprint density at radius 1 is 1.39 bits per heavy atom. The molecule has 1 aliphatic rings. The number of aromatic nitrogens is 1. The highest BCUT2D eigenvalue weighted by Crippen LogP contribution is 2.27. The Morgan fingerprint density at radius 2 is 2.22 bits per heavy atom. The van der Waals surface area contributed by atoms with Crippen LogP contribution < -0.4 is 10.2 Å². The van der Waals surface area contributed by atoms with Gasteiger partial charge < -0.3 is 5.32 Å². The van der Waals surface area contributed by atoms with Gasteiger partial charge in [-0.25, -0.2) is 4.98 Å². The van der Waals surface area contributed by atoms with Crippen LogP contribution in [0.4, 0.5) is 10.8 Å². The maximum absolute atomic E-state index is 12.2. The van der Waals surface area contributed by atoms with Crippen molar-refractivity contribution in [2.75, 3.05) is 16.8 Å². The van der Waals surface area contributed by atoms with Crippen LogP contribution in [0.2, 0.25) is 0 Å². The summed E-state index contributed by atoms with van der Waals surface area (Å²) in [5, 5.41) is 5.36. The molecule has 1 aliphatic heterocycles. The van der Waals surface area contributed by atoms with Crippen molar-refractivity contribution >= 4 is 65.8 Å². The zero-order chi connectivity index (χ0) is 16.4. The van der Waals surface area contributed by atoms with E-state index in [1.807, 2.05) is 23.6 Å². The second-order valence-electron chi connectivity index (χ2n) is 5.12. The Kier molecular flexibility index (Phi) is 5.13. The van der Waals surface area contributed by atoms with Crippen molar-refractivity contribution in [2.45, 2.75) is 19.3 Å². The average Bonchev–Trinajstić information content (AvgIpc) is 3.11. The lowest BCUT2D eigenvalue weighted by molar-refractivity contribution is -0.117. The Balaban J connectivity index is 1.65. The van der Waals surface area contributed by atoms with Crippen molar-refractivity contribution in [3.05, 3.63) is 38.2 Å². The first-order valence-electron chi connectivity index (χ1n) is 7.02. The minimum Gasteiger partial charge on any atom is -0.325 e. The lowest BCUT2D eigenvalue weighted by atomic mass is 10.3. The zero-order valence-corrected chi connectivity index (χ0v) is 16.0.